The molecule has 1 heterocycles. The van der Waals surface area contributed by atoms with E-state index < -0.39 is 12.0 Å². The Balaban J connectivity index is 2.01. The molecule has 1 aromatic carbocycles. The lowest BCUT2D eigenvalue weighted by Gasteiger charge is -2.32. The zero-order valence-corrected chi connectivity index (χ0v) is 15.0. The number of aryl methyl sites for hydroxylation is 2. The Hall–Kier alpha value is -2.37. The van der Waals surface area contributed by atoms with E-state index in [-0.39, 0.29) is 24.2 Å². The van der Waals surface area contributed by atoms with E-state index in [2.05, 4.69) is 5.32 Å². The summed E-state index contributed by atoms with van der Waals surface area (Å²) < 4.78 is 0. The average Bonchev–Trinajstić information content (AvgIpc) is 2.52. The van der Waals surface area contributed by atoms with Crippen LogP contribution in [0.5, 0.6) is 0 Å². The number of amides is 2. The van der Waals surface area contributed by atoms with Crippen molar-refractivity contribution in [3.8, 4) is 0 Å². The minimum atomic E-state index is -0.942. The third kappa shape index (κ3) is 5.31. The fraction of sp³-hybridized carbons (Fsp3) is 0.526. The summed E-state index contributed by atoms with van der Waals surface area (Å²) in [5.74, 6) is -1.46. The summed E-state index contributed by atoms with van der Waals surface area (Å²) in [5, 5.41) is 11.5. The summed E-state index contributed by atoms with van der Waals surface area (Å²) in [7, 11) is 0. The van der Waals surface area contributed by atoms with Gasteiger partial charge in [0.2, 0.25) is 5.91 Å². The number of aliphatic carboxylic acids is 1. The molecular weight excluding hydrogens is 320 g/mol. The van der Waals surface area contributed by atoms with Crippen molar-refractivity contribution in [1.82, 2.24) is 10.2 Å². The molecule has 0 aromatic heterocycles. The zero-order chi connectivity index (χ0) is 18.6. The van der Waals surface area contributed by atoms with E-state index in [1.165, 1.54) is 0 Å². The molecule has 0 radical (unpaired) electrons. The predicted octanol–water partition coefficient (Wildman–Crippen LogP) is 2.14. The van der Waals surface area contributed by atoms with E-state index in [0.717, 1.165) is 17.5 Å². The average molecular weight is 346 g/mol. The van der Waals surface area contributed by atoms with E-state index in [1.807, 2.05) is 32.0 Å². The third-order valence-corrected chi connectivity index (χ3v) is 4.42. The Labute approximate surface area is 148 Å². The van der Waals surface area contributed by atoms with Crippen molar-refractivity contribution in [2.24, 2.45) is 5.92 Å². The molecule has 2 amide bonds. The summed E-state index contributed by atoms with van der Waals surface area (Å²) in [4.78, 5) is 37.6. The molecule has 6 nitrogen and oxygen atoms in total. The van der Waals surface area contributed by atoms with Gasteiger partial charge in [-0.3, -0.25) is 14.4 Å². The first kappa shape index (κ1) is 19.0. The monoisotopic (exact) mass is 346 g/mol. The molecule has 2 N–H and O–H groups in total. The highest BCUT2D eigenvalue weighted by Gasteiger charge is 2.29. The summed E-state index contributed by atoms with van der Waals surface area (Å²) in [6.45, 7) is 6.60. The lowest BCUT2D eigenvalue weighted by atomic mass is 9.95. The van der Waals surface area contributed by atoms with E-state index in [4.69, 9.17) is 5.11 Å². The number of hydrogen-bond acceptors (Lipinski definition) is 3. The van der Waals surface area contributed by atoms with Crippen LogP contribution in [0, 0.1) is 19.8 Å². The molecule has 1 aliphatic rings. The van der Waals surface area contributed by atoms with Gasteiger partial charge >= 0.3 is 5.97 Å². The van der Waals surface area contributed by atoms with Crippen molar-refractivity contribution >= 4 is 17.8 Å². The van der Waals surface area contributed by atoms with E-state index in [9.17, 15) is 14.4 Å². The number of nitrogens with zero attached hydrogens (tertiary/aromatic N) is 1. The highest BCUT2D eigenvalue weighted by molar-refractivity contribution is 5.95. The summed E-state index contributed by atoms with van der Waals surface area (Å²) in [6.07, 6.45) is 1.37. The van der Waals surface area contributed by atoms with Gasteiger partial charge in [0.05, 0.1) is 12.3 Å². The van der Waals surface area contributed by atoms with Gasteiger partial charge in [0.15, 0.2) is 0 Å². The van der Waals surface area contributed by atoms with Crippen molar-refractivity contribution in [1.29, 1.82) is 0 Å². The van der Waals surface area contributed by atoms with Crippen LogP contribution in [-0.4, -0.2) is 46.9 Å². The van der Waals surface area contributed by atoms with Crippen molar-refractivity contribution in [2.75, 3.05) is 13.1 Å². The van der Waals surface area contributed by atoms with Crippen LogP contribution in [0.15, 0.2) is 18.2 Å². The van der Waals surface area contributed by atoms with Crippen LogP contribution in [0.2, 0.25) is 0 Å². The number of piperidine rings is 1. The fourth-order valence-electron chi connectivity index (χ4n) is 3.33. The van der Waals surface area contributed by atoms with Gasteiger partial charge in [-0.1, -0.05) is 17.2 Å². The Morgan fingerprint density at radius 2 is 1.88 bits per heavy atom. The summed E-state index contributed by atoms with van der Waals surface area (Å²) >= 11 is 0. The van der Waals surface area contributed by atoms with Gasteiger partial charge in [-0.15, -0.1) is 0 Å². The van der Waals surface area contributed by atoms with Gasteiger partial charge in [0.1, 0.15) is 0 Å². The Morgan fingerprint density at radius 1 is 1.24 bits per heavy atom. The van der Waals surface area contributed by atoms with Crippen LogP contribution >= 0.6 is 0 Å². The molecule has 2 atom stereocenters. The number of likely N-dealkylation sites (tertiary alicyclic amines) is 1. The SMILES string of the molecule is Cc1cc(C)cc(C(=O)N2CCCC(C(=O)NC(C)CC(=O)O)C2)c1. The lowest BCUT2D eigenvalue weighted by Crippen LogP contribution is -2.47. The van der Waals surface area contributed by atoms with E-state index in [1.54, 1.807) is 11.8 Å². The maximum absolute atomic E-state index is 12.8. The van der Waals surface area contributed by atoms with E-state index in [0.29, 0.717) is 25.1 Å². The van der Waals surface area contributed by atoms with E-state index >= 15 is 0 Å². The standard InChI is InChI=1S/C19H26N2O4/c1-12-7-13(2)9-16(8-12)19(25)21-6-4-5-15(11-21)18(24)20-14(3)10-17(22)23/h7-9,14-15H,4-6,10-11H2,1-3H3,(H,20,24)(H,22,23). The normalized spacial score (nSPS) is 18.5. The molecule has 0 saturated carbocycles. The van der Waals surface area contributed by atoms with Crippen molar-refractivity contribution in [2.45, 2.75) is 46.1 Å². The van der Waals surface area contributed by atoms with Crippen molar-refractivity contribution in [3.63, 3.8) is 0 Å². The number of carboxylic acids is 1. The summed E-state index contributed by atoms with van der Waals surface area (Å²) in [5.41, 5.74) is 2.73. The third-order valence-electron chi connectivity index (χ3n) is 4.42. The molecule has 0 spiro atoms. The van der Waals surface area contributed by atoms with Crippen molar-refractivity contribution in [3.05, 3.63) is 34.9 Å². The topological polar surface area (TPSA) is 86.7 Å². The van der Waals surface area contributed by atoms with Crippen LogP contribution in [0.4, 0.5) is 0 Å². The molecular formula is C19H26N2O4. The summed E-state index contributed by atoms with van der Waals surface area (Å²) in [6, 6.07) is 5.34. The van der Waals surface area contributed by atoms with Crippen LogP contribution in [0.3, 0.4) is 0 Å². The van der Waals surface area contributed by atoms with Crippen LogP contribution in [0.1, 0.15) is 47.7 Å². The molecule has 1 aromatic rings. The number of benzene rings is 1. The number of nitrogens with one attached hydrogen (secondary N) is 1. The largest absolute Gasteiger partial charge is 0.481 e. The van der Waals surface area contributed by atoms with Crippen LogP contribution < -0.4 is 5.32 Å². The first-order valence-corrected chi connectivity index (χ1v) is 8.66. The Bertz CT molecular complexity index is 651. The second-order valence-electron chi connectivity index (χ2n) is 6.97. The number of carboxylic acid groups (broad SMARTS) is 1. The second kappa shape index (κ2) is 8.14. The number of hydrogen-bond donors (Lipinski definition) is 2. The molecule has 25 heavy (non-hydrogen) atoms. The van der Waals surface area contributed by atoms with Gasteiger partial charge < -0.3 is 15.3 Å². The maximum atomic E-state index is 12.8. The molecule has 2 rings (SSSR count). The van der Waals surface area contributed by atoms with Gasteiger partial charge in [-0.05, 0) is 45.7 Å². The highest BCUT2D eigenvalue weighted by atomic mass is 16.4. The van der Waals surface area contributed by atoms with Crippen LogP contribution in [0.25, 0.3) is 0 Å². The van der Waals surface area contributed by atoms with Gasteiger partial charge in [0, 0.05) is 24.7 Å². The quantitative estimate of drug-likeness (QED) is 0.855. The smallest absolute Gasteiger partial charge is 0.305 e. The van der Waals surface area contributed by atoms with Gasteiger partial charge in [0.25, 0.3) is 5.91 Å². The first-order valence-electron chi connectivity index (χ1n) is 8.66. The van der Waals surface area contributed by atoms with Gasteiger partial charge in [-0.2, -0.15) is 0 Å². The molecule has 6 heteroatoms. The molecule has 1 fully saturated rings. The van der Waals surface area contributed by atoms with Crippen LogP contribution in [-0.2, 0) is 9.59 Å². The molecule has 136 valence electrons. The molecule has 1 aliphatic heterocycles. The highest BCUT2D eigenvalue weighted by Crippen LogP contribution is 2.20. The second-order valence-corrected chi connectivity index (χ2v) is 6.97. The van der Waals surface area contributed by atoms with Crippen molar-refractivity contribution < 1.29 is 19.5 Å². The first-order chi connectivity index (χ1) is 11.8. The minimum absolute atomic E-state index is 0.0529. The Morgan fingerprint density at radius 3 is 2.48 bits per heavy atom. The molecule has 2 unspecified atom stereocenters. The predicted molar refractivity (Wildman–Crippen MR) is 94.4 cm³/mol. The van der Waals surface area contributed by atoms with Gasteiger partial charge in [-0.25, -0.2) is 0 Å². The zero-order valence-electron chi connectivity index (χ0n) is 15.0. The molecule has 0 aliphatic carbocycles. The molecule has 1 saturated heterocycles. The maximum Gasteiger partial charge on any atom is 0.305 e. The number of carbonyl (C=O) groups excluding carboxylic acids is 2. The fourth-order valence-corrected chi connectivity index (χ4v) is 3.33. The minimum Gasteiger partial charge on any atom is -0.481 e. The lowest BCUT2D eigenvalue weighted by molar-refractivity contribution is -0.137. The number of carbonyl (C=O) groups is 3. The molecule has 0 bridgehead atoms. The Kier molecular flexibility index (Phi) is 6.17. The number of rotatable bonds is 5.